The van der Waals surface area contributed by atoms with Gasteiger partial charge < -0.3 is 14.7 Å². The summed E-state index contributed by atoms with van der Waals surface area (Å²) in [6, 6.07) is 12.4. The summed E-state index contributed by atoms with van der Waals surface area (Å²) in [5.74, 6) is 0.439. The number of halogens is 1. The van der Waals surface area contributed by atoms with E-state index >= 15 is 0 Å². The minimum atomic E-state index is -0.332. The van der Waals surface area contributed by atoms with E-state index in [1.807, 2.05) is 24.3 Å². The van der Waals surface area contributed by atoms with E-state index in [0.717, 1.165) is 11.3 Å². The number of hydrogen-bond acceptors (Lipinski definition) is 3. The van der Waals surface area contributed by atoms with Gasteiger partial charge in [-0.05, 0) is 23.8 Å². The highest BCUT2D eigenvalue weighted by molar-refractivity contribution is 5.54. The summed E-state index contributed by atoms with van der Waals surface area (Å²) < 4.78 is 19.1. The van der Waals surface area contributed by atoms with Crippen molar-refractivity contribution in [3.05, 3.63) is 59.4 Å². The molecule has 0 aliphatic rings. The van der Waals surface area contributed by atoms with Crippen molar-refractivity contribution >= 4 is 5.69 Å². The summed E-state index contributed by atoms with van der Waals surface area (Å²) in [7, 11) is 3.42. The fourth-order valence-electron chi connectivity index (χ4n) is 2.24. The summed E-state index contributed by atoms with van der Waals surface area (Å²) in [6.45, 7) is 0.348. The van der Waals surface area contributed by atoms with Crippen molar-refractivity contribution in [2.75, 3.05) is 19.1 Å². The molecule has 0 bridgehead atoms. The summed E-state index contributed by atoms with van der Waals surface area (Å²) in [5.41, 5.74) is 2.02. The Bertz CT molecular complexity index is 586. The Kier molecular flexibility index (Phi) is 4.58. The number of nitrogens with zero attached hydrogens (tertiary/aromatic N) is 1. The highest BCUT2D eigenvalue weighted by Crippen LogP contribution is 2.25. The van der Waals surface area contributed by atoms with Crippen LogP contribution < -0.4 is 9.64 Å². The van der Waals surface area contributed by atoms with Crippen LogP contribution in [0, 0.1) is 5.82 Å². The molecular formula is C16H18FNO2. The molecule has 2 rings (SSSR count). The second-order valence-electron chi connectivity index (χ2n) is 4.61. The average molecular weight is 275 g/mol. The van der Waals surface area contributed by atoms with Crippen LogP contribution in [-0.4, -0.2) is 19.3 Å². The van der Waals surface area contributed by atoms with Crippen LogP contribution in [0.3, 0.4) is 0 Å². The lowest BCUT2D eigenvalue weighted by Crippen LogP contribution is -2.19. The number of methoxy groups -OCH3 is 1. The van der Waals surface area contributed by atoms with E-state index in [0.29, 0.717) is 17.8 Å². The van der Waals surface area contributed by atoms with E-state index in [2.05, 4.69) is 0 Å². The molecule has 0 radical (unpaired) electrons. The molecule has 0 aliphatic carbocycles. The number of aliphatic hydroxyl groups is 1. The summed E-state index contributed by atoms with van der Waals surface area (Å²) in [6.07, 6.45) is 0. The number of ether oxygens (including phenoxy) is 1. The molecule has 0 unspecified atom stereocenters. The van der Waals surface area contributed by atoms with Crippen LogP contribution in [0.4, 0.5) is 10.1 Å². The van der Waals surface area contributed by atoms with E-state index in [1.165, 1.54) is 6.07 Å². The Balaban J connectivity index is 2.25. The SMILES string of the molecule is COc1cccc(CN(C)c2c(F)cccc2CO)c1. The zero-order chi connectivity index (χ0) is 14.5. The van der Waals surface area contributed by atoms with Crippen LogP contribution >= 0.6 is 0 Å². The van der Waals surface area contributed by atoms with Crippen molar-refractivity contribution in [2.45, 2.75) is 13.2 Å². The molecule has 1 N–H and O–H groups in total. The lowest BCUT2D eigenvalue weighted by molar-refractivity contribution is 0.281. The zero-order valence-corrected chi connectivity index (χ0v) is 11.6. The zero-order valence-electron chi connectivity index (χ0n) is 11.6. The molecule has 4 heteroatoms. The van der Waals surface area contributed by atoms with Gasteiger partial charge in [0, 0.05) is 19.2 Å². The maximum absolute atomic E-state index is 14.0. The maximum Gasteiger partial charge on any atom is 0.146 e. The molecule has 20 heavy (non-hydrogen) atoms. The van der Waals surface area contributed by atoms with Crippen LogP contribution in [0.15, 0.2) is 42.5 Å². The van der Waals surface area contributed by atoms with Gasteiger partial charge in [0.1, 0.15) is 11.6 Å². The molecule has 3 nitrogen and oxygen atoms in total. The van der Waals surface area contributed by atoms with Gasteiger partial charge in [-0.25, -0.2) is 4.39 Å². The van der Waals surface area contributed by atoms with Gasteiger partial charge in [0.2, 0.25) is 0 Å². The predicted octanol–water partition coefficient (Wildman–Crippen LogP) is 2.96. The van der Waals surface area contributed by atoms with Gasteiger partial charge in [0.25, 0.3) is 0 Å². The first-order valence-corrected chi connectivity index (χ1v) is 6.38. The van der Waals surface area contributed by atoms with Gasteiger partial charge >= 0.3 is 0 Å². The van der Waals surface area contributed by atoms with Gasteiger partial charge in [0.05, 0.1) is 19.4 Å². The number of rotatable bonds is 5. The standard InChI is InChI=1S/C16H18FNO2/c1-18(10-12-5-3-7-14(9-12)20-2)16-13(11-19)6-4-8-15(16)17/h3-9,19H,10-11H2,1-2H3. The summed E-state index contributed by atoms with van der Waals surface area (Å²) in [5, 5.41) is 9.33. The fourth-order valence-corrected chi connectivity index (χ4v) is 2.24. The lowest BCUT2D eigenvalue weighted by Gasteiger charge is -2.22. The Morgan fingerprint density at radius 2 is 1.95 bits per heavy atom. The molecule has 0 atom stereocenters. The third kappa shape index (κ3) is 3.08. The minimum Gasteiger partial charge on any atom is -0.497 e. The molecule has 2 aromatic carbocycles. The minimum absolute atomic E-state index is 0.185. The van der Waals surface area contributed by atoms with Gasteiger partial charge in [-0.2, -0.15) is 0 Å². The van der Waals surface area contributed by atoms with Gasteiger partial charge in [0.15, 0.2) is 0 Å². The second-order valence-corrected chi connectivity index (χ2v) is 4.61. The van der Waals surface area contributed by atoms with Crippen molar-refractivity contribution in [1.29, 1.82) is 0 Å². The third-order valence-electron chi connectivity index (χ3n) is 3.18. The highest BCUT2D eigenvalue weighted by atomic mass is 19.1. The molecule has 0 saturated heterocycles. The van der Waals surface area contributed by atoms with Crippen molar-refractivity contribution in [2.24, 2.45) is 0 Å². The van der Waals surface area contributed by atoms with Crippen LogP contribution in [-0.2, 0) is 13.2 Å². The summed E-state index contributed by atoms with van der Waals surface area (Å²) >= 11 is 0. The maximum atomic E-state index is 14.0. The Labute approximate surface area is 118 Å². The topological polar surface area (TPSA) is 32.7 Å². The summed E-state index contributed by atoms with van der Waals surface area (Å²) in [4.78, 5) is 1.79. The van der Waals surface area contributed by atoms with Crippen molar-refractivity contribution in [3.8, 4) is 5.75 Å². The molecule has 0 heterocycles. The monoisotopic (exact) mass is 275 g/mol. The van der Waals surface area contributed by atoms with Gasteiger partial charge in [-0.15, -0.1) is 0 Å². The number of para-hydroxylation sites is 1. The Morgan fingerprint density at radius 3 is 2.65 bits per heavy atom. The van der Waals surface area contributed by atoms with Crippen LogP contribution in [0.25, 0.3) is 0 Å². The second kappa shape index (κ2) is 6.39. The smallest absolute Gasteiger partial charge is 0.146 e. The molecule has 106 valence electrons. The van der Waals surface area contributed by atoms with Crippen LogP contribution in [0.1, 0.15) is 11.1 Å². The molecule has 0 amide bonds. The predicted molar refractivity (Wildman–Crippen MR) is 77.4 cm³/mol. The molecule has 0 aromatic heterocycles. The van der Waals surface area contributed by atoms with Crippen molar-refractivity contribution < 1.29 is 14.2 Å². The molecule has 0 spiro atoms. The average Bonchev–Trinajstić information content (AvgIpc) is 2.46. The first-order valence-electron chi connectivity index (χ1n) is 6.38. The first kappa shape index (κ1) is 14.3. The first-order chi connectivity index (χ1) is 9.65. The normalized spacial score (nSPS) is 10.4. The molecular weight excluding hydrogens is 257 g/mol. The number of aliphatic hydroxyl groups excluding tert-OH is 1. The molecule has 0 saturated carbocycles. The number of anilines is 1. The van der Waals surface area contributed by atoms with Gasteiger partial charge in [-0.3, -0.25) is 0 Å². The fraction of sp³-hybridized carbons (Fsp3) is 0.250. The largest absolute Gasteiger partial charge is 0.497 e. The molecule has 2 aromatic rings. The van der Waals surface area contributed by atoms with Crippen LogP contribution in [0.2, 0.25) is 0 Å². The van der Waals surface area contributed by atoms with E-state index in [-0.39, 0.29) is 12.4 Å². The quantitative estimate of drug-likeness (QED) is 0.910. The van der Waals surface area contributed by atoms with E-state index in [9.17, 15) is 9.50 Å². The van der Waals surface area contributed by atoms with Gasteiger partial charge in [-0.1, -0.05) is 24.3 Å². The number of hydrogen-bond donors (Lipinski definition) is 1. The van der Waals surface area contributed by atoms with Crippen molar-refractivity contribution in [1.82, 2.24) is 0 Å². The number of benzene rings is 2. The van der Waals surface area contributed by atoms with E-state index < -0.39 is 0 Å². The van der Waals surface area contributed by atoms with Crippen molar-refractivity contribution in [3.63, 3.8) is 0 Å². The third-order valence-corrected chi connectivity index (χ3v) is 3.18. The highest BCUT2D eigenvalue weighted by Gasteiger charge is 2.13. The molecule has 0 aliphatic heterocycles. The van der Waals surface area contributed by atoms with Crippen LogP contribution in [0.5, 0.6) is 5.75 Å². The molecule has 0 fully saturated rings. The lowest BCUT2D eigenvalue weighted by atomic mass is 10.1. The Hall–Kier alpha value is -2.07. The van der Waals surface area contributed by atoms with E-state index in [4.69, 9.17) is 4.74 Å². The Morgan fingerprint density at radius 1 is 1.20 bits per heavy atom. The van der Waals surface area contributed by atoms with E-state index in [1.54, 1.807) is 31.2 Å².